The lowest BCUT2D eigenvalue weighted by Gasteiger charge is -2.20. The van der Waals surface area contributed by atoms with Crippen molar-refractivity contribution in [3.05, 3.63) is 117 Å². The molecule has 1 aromatic rings. The number of hydrogen-bond donors (Lipinski definition) is 13. The molecule has 1 aromatic carbocycles. The summed E-state index contributed by atoms with van der Waals surface area (Å²) in [5.74, 6) is 6.98. The fraction of sp³-hybridized carbons (Fsp3) is 0.605. The van der Waals surface area contributed by atoms with Gasteiger partial charge in [-0.25, -0.2) is 0 Å². The third-order valence-electron chi connectivity index (χ3n) is 16.4. The zero-order chi connectivity index (χ0) is 85.2. The minimum Gasteiger partial charge on any atom is -0.396 e. The number of amides is 6. The molecule has 1 fully saturated rings. The highest BCUT2D eigenvalue weighted by atomic mass is 16.3. The van der Waals surface area contributed by atoms with E-state index in [0.29, 0.717) is 126 Å². The molecule has 1 aliphatic carbocycles. The van der Waals surface area contributed by atoms with Gasteiger partial charge in [-0.1, -0.05) is 58.0 Å². The van der Waals surface area contributed by atoms with Crippen LogP contribution in [0.4, 0.5) is 0 Å². The quantitative estimate of drug-likeness (QED) is 0.0398. The molecule has 0 aromatic heterocycles. The van der Waals surface area contributed by atoms with E-state index in [-0.39, 0.29) is 59.4 Å². The maximum Gasteiger partial charge on any atom is 0.251 e. The van der Waals surface area contributed by atoms with E-state index in [1.54, 1.807) is 11.0 Å². The molecule has 8 aliphatic rings. The summed E-state index contributed by atoms with van der Waals surface area (Å²) in [4.78, 5) is 114. The first-order valence-corrected chi connectivity index (χ1v) is 40.8. The average molecular weight is 1580 g/mol. The maximum atomic E-state index is 12.0. The number of benzene rings is 1. The molecule has 6 amide bonds. The Balaban J connectivity index is 0.000000345. The lowest BCUT2D eigenvalue weighted by Crippen LogP contribution is -2.41. The van der Waals surface area contributed by atoms with E-state index in [1.807, 2.05) is 171 Å². The summed E-state index contributed by atoms with van der Waals surface area (Å²) in [6, 6.07) is 12.4. The summed E-state index contributed by atoms with van der Waals surface area (Å²) >= 11 is 0. The maximum absolute atomic E-state index is 12.0. The molecule has 28 heteroatoms. The molecule has 0 radical (unpaired) electrons. The monoisotopic (exact) mass is 1580 g/mol. The van der Waals surface area contributed by atoms with Crippen molar-refractivity contribution in [1.82, 2.24) is 68.7 Å². The highest BCUT2D eigenvalue weighted by Crippen LogP contribution is 2.27. The number of nitrogens with one attached hydrogen (secondary N) is 12. The summed E-state index contributed by atoms with van der Waals surface area (Å²) in [6.07, 6.45) is 18.2. The number of likely N-dealkylation sites (N-methyl/N-ethyl adjacent to an activating group) is 1. The molecule has 632 valence electrons. The number of nitrogens with zero attached hydrogens (tertiary/aromatic N) is 8. The third-order valence-corrected chi connectivity index (χ3v) is 16.4. The number of hydrogen-bond acceptors (Lipinski definition) is 22. The Labute approximate surface area is 680 Å². The molecule has 1 unspecified atom stereocenters. The Morgan fingerprint density at radius 1 is 0.447 bits per heavy atom. The second-order valence-electron chi connectivity index (χ2n) is 32.6. The van der Waals surface area contributed by atoms with Gasteiger partial charge >= 0.3 is 0 Å². The lowest BCUT2D eigenvalue weighted by molar-refractivity contribution is -0.126. The highest BCUT2D eigenvalue weighted by molar-refractivity contribution is 6.10. The summed E-state index contributed by atoms with van der Waals surface area (Å²) in [6.45, 7) is 51.1. The van der Waals surface area contributed by atoms with E-state index in [9.17, 15) is 33.6 Å². The van der Waals surface area contributed by atoms with Crippen LogP contribution in [-0.4, -0.2) is 225 Å². The van der Waals surface area contributed by atoms with Crippen LogP contribution in [0.15, 0.2) is 147 Å². The van der Waals surface area contributed by atoms with Gasteiger partial charge in [0.1, 0.15) is 40.8 Å². The molecule has 13 N–H and O–H groups in total. The fourth-order valence-electron chi connectivity index (χ4n) is 10.5. The van der Waals surface area contributed by atoms with E-state index < -0.39 is 0 Å². The van der Waals surface area contributed by atoms with Crippen LogP contribution in [0.5, 0.6) is 0 Å². The minimum absolute atomic E-state index is 0.00124. The Kier molecular flexibility index (Phi) is 44.7. The second kappa shape index (κ2) is 51.8. The number of aliphatic imine (C=N–C) groups is 7. The van der Waals surface area contributed by atoms with Crippen molar-refractivity contribution in [2.45, 2.75) is 251 Å². The van der Waals surface area contributed by atoms with Gasteiger partial charge in [0.15, 0.2) is 5.78 Å². The van der Waals surface area contributed by atoms with Crippen LogP contribution in [0.1, 0.15) is 196 Å². The van der Waals surface area contributed by atoms with E-state index in [4.69, 9.17) is 5.11 Å². The molecule has 0 saturated heterocycles. The molecule has 1 saturated carbocycles. The first-order valence-electron chi connectivity index (χ1n) is 40.8. The van der Waals surface area contributed by atoms with Crippen LogP contribution in [0.3, 0.4) is 0 Å². The Hall–Kier alpha value is -9.86. The number of Topliss-reactive ketones (excluding diaryl/α,β-unsaturated/α-hetero) is 1. The molecular weight excluding hydrogens is 1440 g/mol. The first-order chi connectivity index (χ1) is 53.8. The summed E-state index contributed by atoms with van der Waals surface area (Å²) < 4.78 is 0. The van der Waals surface area contributed by atoms with Crippen LogP contribution in [0, 0.1) is 11.8 Å². The number of carbonyl (C=O) groups is 7. The van der Waals surface area contributed by atoms with Crippen molar-refractivity contribution in [2.24, 2.45) is 46.8 Å². The lowest BCUT2D eigenvalue weighted by atomic mass is 10.1. The number of amidine groups is 7. The molecule has 7 aliphatic heterocycles. The van der Waals surface area contributed by atoms with Crippen molar-refractivity contribution in [3.8, 4) is 0 Å². The average Bonchev–Trinajstić information content (AvgIpc) is 1.79. The molecule has 7 heterocycles. The normalized spacial score (nSPS) is 15.9. The third kappa shape index (κ3) is 42.3. The molecule has 114 heavy (non-hydrogen) atoms. The number of aliphatic hydroxyl groups is 1. The van der Waals surface area contributed by atoms with Crippen LogP contribution >= 0.6 is 0 Å². The Morgan fingerprint density at radius 2 is 0.781 bits per heavy atom. The van der Waals surface area contributed by atoms with E-state index in [0.717, 1.165) is 112 Å². The number of aliphatic hydroxyl groups excluding tert-OH is 1. The highest BCUT2D eigenvalue weighted by Gasteiger charge is 2.26. The van der Waals surface area contributed by atoms with Crippen molar-refractivity contribution in [2.75, 3.05) is 79.1 Å². The van der Waals surface area contributed by atoms with Crippen LogP contribution < -0.4 is 63.8 Å². The van der Waals surface area contributed by atoms with Gasteiger partial charge in [0.05, 0.1) is 45.8 Å². The predicted octanol–water partition coefficient (Wildman–Crippen LogP) is 7.91. The molecule has 28 nitrogen and oxygen atoms in total. The van der Waals surface area contributed by atoms with Crippen molar-refractivity contribution >= 4 is 82.1 Å². The van der Waals surface area contributed by atoms with Gasteiger partial charge in [0.25, 0.3) is 5.91 Å². The summed E-state index contributed by atoms with van der Waals surface area (Å²) in [5, 5.41) is 45.5. The zero-order valence-electron chi connectivity index (χ0n) is 72.8. The standard InChI is InChI=1S/C15H19N3O.C12H19N3O.4C12H21N3O.C11H18N2O2/c1-11(2)18-14-8-13(10-16-14)15(19)17-9-12-6-4-3-5-7-12;1-8(2)15-11-5-10(7-13-11)12(16)14-6-9-3-4-9;1-8(2)14-10-6-9(7-13-10)11(16)15-12(3,4)5;1-8(2)6-14-12(16)10-5-11(13-7-10)15-9(3)4;1-5-9(4)15-12(16)10-6-11(13-7-10)14-8(2)3;1-5-6-15(4)12(16)10-7-11(13-8-10)14-9(2)3;1-8(2)13-11-6-9(7-12-11)10(15)4-3-5-14/h3-8,11H,9-10H2,1-2H3,(H,16,18)(H,17,19);5,8-9H,3-4,6-7H2,1-2H3,(H,13,15)(H,14,16);6,8H,7H2,1-5H3,(H,13,14)(H,15,16);5,8-9H,6-7H2,1-4H3,(H,13,15)(H,14,16);6,8-9H,5,7H2,1-4H3,(H,13,14)(H,15,16);7,9H,5-6,8H2,1-4H3,(H,13,14);6,8,14H,3-5,7H2,1-2H3,(H,12,13). The van der Waals surface area contributed by atoms with Crippen molar-refractivity contribution in [3.63, 3.8) is 0 Å². The van der Waals surface area contributed by atoms with Gasteiger partial charge in [0.2, 0.25) is 29.5 Å². The molecule has 9 rings (SSSR count). The Morgan fingerprint density at radius 3 is 1.12 bits per heavy atom. The predicted molar refractivity (Wildman–Crippen MR) is 468 cm³/mol. The van der Waals surface area contributed by atoms with Crippen LogP contribution in [0.25, 0.3) is 0 Å². The summed E-state index contributed by atoms with van der Waals surface area (Å²) in [7, 11) is 1.83. The number of rotatable bonds is 27. The topological polar surface area (TPSA) is 374 Å². The van der Waals surface area contributed by atoms with Gasteiger partial charge < -0.3 is 73.8 Å². The van der Waals surface area contributed by atoms with Crippen molar-refractivity contribution < 1.29 is 38.7 Å². The minimum atomic E-state index is -0.202. The number of ketones is 1. The van der Waals surface area contributed by atoms with E-state index in [1.165, 1.54) is 12.8 Å². The molecule has 0 bridgehead atoms. The summed E-state index contributed by atoms with van der Waals surface area (Å²) in [5.41, 5.74) is 6.08. The first kappa shape index (κ1) is 98.3. The molecular formula is C86H140N20O8. The van der Waals surface area contributed by atoms with Gasteiger partial charge in [-0.2, -0.15) is 0 Å². The van der Waals surface area contributed by atoms with Crippen molar-refractivity contribution in [1.29, 1.82) is 0 Å². The molecule has 1 atom stereocenters. The van der Waals surface area contributed by atoms with Crippen LogP contribution in [-0.2, 0) is 40.1 Å². The largest absolute Gasteiger partial charge is 0.396 e. The van der Waals surface area contributed by atoms with E-state index in [2.05, 4.69) is 154 Å². The van der Waals surface area contributed by atoms with Crippen LogP contribution in [0.2, 0.25) is 0 Å². The Bertz CT molecular complexity index is 3720. The zero-order valence-corrected chi connectivity index (χ0v) is 72.8. The number of carbonyl (C=O) groups excluding carboxylic acids is 7. The smallest absolute Gasteiger partial charge is 0.251 e. The van der Waals surface area contributed by atoms with Gasteiger partial charge in [0, 0.05) is 139 Å². The molecule has 0 spiro atoms. The SMILES string of the molecule is CC(C)CNC(=O)C1=CC(NC(C)C)=NC1.CC(C)NC1=NCC(C(=O)CCCO)=C1.CC(C)NC1=NCC(C(=O)NC(C)(C)C)=C1.CC(C)NC1=NCC(C(=O)NCC2CC2)=C1.CC(C)NC1=NCC(C(=O)NCc2ccccc2)=C1.CCC(C)NC(=O)C1=CC(NC(C)C)=NC1.CCCN(C)C(=O)C1=CC(NC(C)C)=NC1. The van der Waals surface area contributed by atoms with Gasteiger partial charge in [-0.05, 0) is 217 Å². The van der Waals surface area contributed by atoms with E-state index >= 15 is 0 Å². The second-order valence-corrected chi connectivity index (χ2v) is 32.6. The fourth-order valence-corrected chi connectivity index (χ4v) is 10.5. The van der Waals surface area contributed by atoms with Gasteiger partial charge in [-0.3, -0.25) is 68.5 Å². The van der Waals surface area contributed by atoms with Gasteiger partial charge in [-0.15, -0.1) is 0 Å².